The normalized spacial score (nSPS) is 16.0. The van der Waals surface area contributed by atoms with Gasteiger partial charge >= 0.3 is 0 Å². The third kappa shape index (κ3) is 4.03. The van der Waals surface area contributed by atoms with Gasteiger partial charge in [-0.25, -0.2) is 4.98 Å². The van der Waals surface area contributed by atoms with Gasteiger partial charge in [0.05, 0.1) is 6.61 Å². The molecule has 0 atom stereocenters. The van der Waals surface area contributed by atoms with Crippen LogP contribution in [0.25, 0.3) is 16.8 Å². The molecular weight excluding hydrogens is 414 g/mol. The molecule has 0 unspecified atom stereocenters. The van der Waals surface area contributed by atoms with Crippen molar-refractivity contribution in [1.29, 1.82) is 0 Å². The molecule has 8 heteroatoms. The van der Waals surface area contributed by atoms with Crippen molar-refractivity contribution in [3.8, 4) is 16.9 Å². The third-order valence-electron chi connectivity index (χ3n) is 6.49. The molecule has 0 aliphatic carbocycles. The second-order valence-electron chi connectivity index (χ2n) is 8.59. The Morgan fingerprint density at radius 2 is 1.94 bits per heavy atom. The van der Waals surface area contributed by atoms with Gasteiger partial charge in [0.1, 0.15) is 12.1 Å². The van der Waals surface area contributed by atoms with Crippen LogP contribution in [0.2, 0.25) is 0 Å². The second-order valence-corrected chi connectivity index (χ2v) is 8.59. The van der Waals surface area contributed by atoms with Crippen LogP contribution in [0.3, 0.4) is 0 Å². The molecule has 1 fully saturated rings. The zero-order valence-electron chi connectivity index (χ0n) is 18.5. The van der Waals surface area contributed by atoms with Crippen LogP contribution in [0.1, 0.15) is 16.7 Å². The van der Waals surface area contributed by atoms with Gasteiger partial charge in [-0.2, -0.15) is 0 Å². The number of rotatable bonds is 6. The lowest BCUT2D eigenvalue weighted by atomic mass is 10.1. The summed E-state index contributed by atoms with van der Waals surface area (Å²) < 4.78 is 7.61. The van der Waals surface area contributed by atoms with Gasteiger partial charge in [-0.05, 0) is 22.8 Å². The van der Waals surface area contributed by atoms with Gasteiger partial charge in [-0.3, -0.25) is 9.30 Å². The van der Waals surface area contributed by atoms with E-state index in [1.165, 1.54) is 16.7 Å². The van der Waals surface area contributed by atoms with E-state index < -0.39 is 0 Å². The summed E-state index contributed by atoms with van der Waals surface area (Å²) in [5, 5.41) is 15.4. The number of benzene rings is 2. The zero-order valence-corrected chi connectivity index (χ0v) is 18.5. The van der Waals surface area contributed by atoms with Crippen LogP contribution in [0, 0.1) is 0 Å². The van der Waals surface area contributed by atoms with E-state index in [0.29, 0.717) is 6.54 Å². The first-order chi connectivity index (χ1) is 16.3. The van der Waals surface area contributed by atoms with E-state index in [4.69, 9.17) is 9.72 Å². The van der Waals surface area contributed by atoms with Crippen LogP contribution < -0.4 is 15.4 Å². The number of aromatic nitrogens is 4. The molecule has 2 aliphatic heterocycles. The number of nitrogens with zero attached hydrogens (tertiary/aromatic N) is 5. The van der Waals surface area contributed by atoms with Crippen molar-refractivity contribution in [2.24, 2.45) is 0 Å². The van der Waals surface area contributed by atoms with Crippen molar-refractivity contribution in [2.75, 3.05) is 38.1 Å². The molecule has 0 saturated carbocycles. The summed E-state index contributed by atoms with van der Waals surface area (Å²) in [7, 11) is 0. The molecule has 6 rings (SSSR count). The Hall–Kier alpha value is -3.49. The largest absolute Gasteiger partial charge is 0.493 e. The molecule has 2 aliphatic rings. The molecule has 0 spiro atoms. The Labute approximate surface area is 192 Å². The molecule has 4 aromatic rings. The van der Waals surface area contributed by atoms with E-state index in [1.54, 1.807) is 6.33 Å². The molecule has 0 bridgehead atoms. The smallest absolute Gasteiger partial charge is 0.210 e. The van der Waals surface area contributed by atoms with Gasteiger partial charge in [-0.15, -0.1) is 10.2 Å². The number of hydrogen-bond acceptors (Lipinski definition) is 7. The van der Waals surface area contributed by atoms with Crippen LogP contribution in [-0.4, -0.2) is 57.3 Å². The lowest BCUT2D eigenvalue weighted by Crippen LogP contribution is -2.42. The zero-order chi connectivity index (χ0) is 22.0. The molecule has 2 aromatic carbocycles. The third-order valence-corrected chi connectivity index (χ3v) is 6.49. The molecule has 2 aromatic heterocycles. The van der Waals surface area contributed by atoms with E-state index >= 15 is 0 Å². The van der Waals surface area contributed by atoms with Gasteiger partial charge in [-0.1, -0.05) is 36.4 Å². The standard InChI is InChI=1S/C25H27N7O/c1-2-20(21-8-13-33-23(21)3-1)14-27-25-28-15-22(24-30-29-17-32(24)25)19-6-4-18(5-7-19)16-31-11-9-26-10-12-31/h1-7,15,17,26H,8-14,16H2,(H,27,28). The first-order valence-electron chi connectivity index (χ1n) is 11.5. The fraction of sp³-hybridized carbons (Fsp3) is 0.320. The average molecular weight is 442 g/mol. The summed E-state index contributed by atoms with van der Waals surface area (Å²) in [4.78, 5) is 7.19. The van der Waals surface area contributed by atoms with E-state index in [-0.39, 0.29) is 0 Å². The van der Waals surface area contributed by atoms with Gasteiger partial charge in [0.15, 0.2) is 5.65 Å². The molecular formula is C25H27N7O. The fourth-order valence-electron chi connectivity index (χ4n) is 4.70. The van der Waals surface area contributed by atoms with Crippen LogP contribution >= 0.6 is 0 Å². The van der Waals surface area contributed by atoms with Crippen LogP contribution in [0.5, 0.6) is 5.75 Å². The van der Waals surface area contributed by atoms with Crippen molar-refractivity contribution >= 4 is 11.6 Å². The number of fused-ring (bicyclic) bond motifs is 2. The van der Waals surface area contributed by atoms with Gasteiger partial charge in [0, 0.05) is 63.0 Å². The monoisotopic (exact) mass is 441 g/mol. The maximum atomic E-state index is 5.69. The van der Waals surface area contributed by atoms with Gasteiger partial charge in [0.2, 0.25) is 5.95 Å². The number of anilines is 1. The van der Waals surface area contributed by atoms with Crippen molar-refractivity contribution in [2.45, 2.75) is 19.5 Å². The highest BCUT2D eigenvalue weighted by Gasteiger charge is 2.17. The van der Waals surface area contributed by atoms with Crippen molar-refractivity contribution in [3.05, 3.63) is 71.7 Å². The lowest BCUT2D eigenvalue weighted by molar-refractivity contribution is 0.233. The van der Waals surface area contributed by atoms with E-state index in [2.05, 4.69) is 56.1 Å². The molecule has 1 saturated heterocycles. The summed E-state index contributed by atoms with van der Waals surface area (Å²) in [5.74, 6) is 1.72. The quantitative estimate of drug-likeness (QED) is 0.476. The fourth-order valence-corrected chi connectivity index (χ4v) is 4.70. The maximum absolute atomic E-state index is 5.69. The molecule has 0 radical (unpaired) electrons. The summed E-state index contributed by atoms with van der Waals surface area (Å²) in [5.41, 5.74) is 6.70. The van der Waals surface area contributed by atoms with E-state index in [1.807, 2.05) is 22.7 Å². The lowest BCUT2D eigenvalue weighted by Gasteiger charge is -2.27. The summed E-state index contributed by atoms with van der Waals surface area (Å²) in [6.07, 6.45) is 4.55. The van der Waals surface area contributed by atoms with Crippen molar-refractivity contribution in [3.63, 3.8) is 0 Å². The summed E-state index contributed by atoms with van der Waals surface area (Å²) >= 11 is 0. The van der Waals surface area contributed by atoms with Gasteiger partial charge in [0.25, 0.3) is 0 Å². The highest BCUT2D eigenvalue weighted by Crippen LogP contribution is 2.29. The SMILES string of the molecule is c1cc(CNc2ncc(-c3ccc(CN4CCNCC4)cc3)c3nncn23)c2c(c1)OCC2. The Kier molecular flexibility index (Phi) is 5.37. The molecule has 4 heterocycles. The Morgan fingerprint density at radius 1 is 1.06 bits per heavy atom. The topological polar surface area (TPSA) is 79.6 Å². The minimum atomic E-state index is 0.673. The van der Waals surface area contributed by atoms with Crippen LogP contribution in [-0.2, 0) is 19.5 Å². The minimum Gasteiger partial charge on any atom is -0.493 e. The van der Waals surface area contributed by atoms with Crippen molar-refractivity contribution in [1.82, 2.24) is 29.8 Å². The van der Waals surface area contributed by atoms with E-state index in [0.717, 1.165) is 74.2 Å². The number of hydrogen-bond donors (Lipinski definition) is 2. The first-order valence-corrected chi connectivity index (χ1v) is 11.5. The first kappa shape index (κ1) is 20.1. The summed E-state index contributed by atoms with van der Waals surface area (Å²) in [6.45, 7) is 6.73. The Morgan fingerprint density at radius 3 is 2.82 bits per heavy atom. The highest BCUT2D eigenvalue weighted by molar-refractivity contribution is 5.77. The summed E-state index contributed by atoms with van der Waals surface area (Å²) in [6, 6.07) is 14.9. The number of ether oxygens (including phenoxy) is 1. The highest BCUT2D eigenvalue weighted by atomic mass is 16.5. The molecule has 0 amide bonds. The average Bonchev–Trinajstić information content (AvgIpc) is 3.54. The Bertz CT molecular complexity index is 1260. The van der Waals surface area contributed by atoms with Gasteiger partial charge < -0.3 is 15.4 Å². The van der Waals surface area contributed by atoms with E-state index in [9.17, 15) is 0 Å². The van der Waals surface area contributed by atoms with Crippen LogP contribution in [0.4, 0.5) is 5.95 Å². The maximum Gasteiger partial charge on any atom is 0.210 e. The number of nitrogens with one attached hydrogen (secondary N) is 2. The minimum absolute atomic E-state index is 0.673. The molecule has 33 heavy (non-hydrogen) atoms. The van der Waals surface area contributed by atoms with Crippen molar-refractivity contribution < 1.29 is 4.74 Å². The molecule has 168 valence electrons. The molecule has 8 nitrogen and oxygen atoms in total. The Balaban J connectivity index is 1.21. The second kappa shape index (κ2) is 8.80. The predicted octanol–water partition coefficient (Wildman–Crippen LogP) is 2.74. The van der Waals surface area contributed by atoms with Crippen LogP contribution in [0.15, 0.2) is 55.0 Å². The predicted molar refractivity (Wildman–Crippen MR) is 127 cm³/mol. The molecule has 2 N–H and O–H groups in total. The number of piperazine rings is 1.